The minimum atomic E-state index is -1.62. The Morgan fingerprint density at radius 1 is 0.974 bits per heavy atom. The van der Waals surface area contributed by atoms with Crippen molar-refractivity contribution in [2.24, 2.45) is 5.92 Å². The molecule has 13 unspecified atom stereocenters. The van der Waals surface area contributed by atoms with E-state index in [-0.39, 0.29) is 18.4 Å². The van der Waals surface area contributed by atoms with E-state index in [2.05, 4.69) is 0 Å². The number of nitrogens with zero attached hydrogens (tertiary/aromatic N) is 1. The van der Waals surface area contributed by atoms with Gasteiger partial charge in [0.25, 0.3) is 5.91 Å². The summed E-state index contributed by atoms with van der Waals surface area (Å²) in [5, 5.41) is 41.0. The van der Waals surface area contributed by atoms with Gasteiger partial charge in [-0.15, -0.1) is 0 Å². The molecule has 4 aliphatic rings. The molecule has 3 saturated heterocycles. The number of Topliss-reactive ketones (excluding diaryl/α,β-unsaturated/α-hetero) is 1. The monoisotopic (exact) mass is 561 g/mol. The number of aliphatic hydroxyl groups is 4. The zero-order chi connectivity index (χ0) is 28.4. The zero-order valence-corrected chi connectivity index (χ0v) is 23.0. The zero-order valence-electron chi connectivity index (χ0n) is 23.0. The van der Waals surface area contributed by atoms with Gasteiger partial charge in [0.15, 0.2) is 6.29 Å². The van der Waals surface area contributed by atoms with E-state index in [1.54, 1.807) is 21.0 Å². The summed E-state index contributed by atoms with van der Waals surface area (Å²) in [6.07, 6.45) is -9.32. The molecule has 1 aliphatic carbocycles. The SMILES string of the molecule is CC1CCCC(OC2OC(CO)C(O)C3OC(C(=O)N(C)C)CCCOC23)C1OC1OC(C)C(O)C(O)C1=O. The van der Waals surface area contributed by atoms with E-state index in [1.807, 2.05) is 6.92 Å². The van der Waals surface area contributed by atoms with Gasteiger partial charge in [-0.2, -0.15) is 0 Å². The van der Waals surface area contributed by atoms with Crippen molar-refractivity contribution in [3.05, 3.63) is 0 Å². The molecule has 0 radical (unpaired) electrons. The number of hydrogen-bond acceptors (Lipinski definition) is 12. The van der Waals surface area contributed by atoms with Gasteiger partial charge in [0.2, 0.25) is 12.1 Å². The quantitative estimate of drug-likeness (QED) is 0.303. The molecule has 1 amide bonds. The molecule has 0 bridgehead atoms. The fraction of sp³-hybridized carbons (Fsp3) is 0.923. The van der Waals surface area contributed by atoms with Gasteiger partial charge >= 0.3 is 0 Å². The Kier molecular flexibility index (Phi) is 10.3. The summed E-state index contributed by atoms with van der Waals surface area (Å²) in [6, 6.07) is 0. The average molecular weight is 562 g/mol. The first-order valence-electron chi connectivity index (χ1n) is 13.8. The van der Waals surface area contributed by atoms with Crippen molar-refractivity contribution in [1.29, 1.82) is 0 Å². The Labute approximate surface area is 228 Å². The van der Waals surface area contributed by atoms with Crippen molar-refractivity contribution in [1.82, 2.24) is 4.90 Å². The Morgan fingerprint density at radius 2 is 1.72 bits per heavy atom. The topological polar surface area (TPSA) is 174 Å². The van der Waals surface area contributed by atoms with Gasteiger partial charge in [-0.25, -0.2) is 0 Å². The molecular formula is C26H43NO12. The molecular weight excluding hydrogens is 518 g/mol. The predicted molar refractivity (Wildman–Crippen MR) is 132 cm³/mol. The molecule has 13 atom stereocenters. The summed E-state index contributed by atoms with van der Waals surface area (Å²) in [6.45, 7) is 3.28. The molecule has 13 heteroatoms. The number of ether oxygens (including phenoxy) is 6. The highest BCUT2D eigenvalue weighted by Gasteiger charge is 2.52. The van der Waals surface area contributed by atoms with Crippen molar-refractivity contribution in [3.63, 3.8) is 0 Å². The lowest BCUT2D eigenvalue weighted by Crippen LogP contribution is -2.64. The number of amides is 1. The molecule has 4 fully saturated rings. The van der Waals surface area contributed by atoms with Crippen LogP contribution >= 0.6 is 0 Å². The number of likely N-dealkylation sites (N-methyl/N-ethyl adjacent to an activating group) is 1. The highest BCUT2D eigenvalue weighted by Crippen LogP contribution is 2.36. The summed E-state index contributed by atoms with van der Waals surface area (Å²) in [5.74, 6) is -1.04. The summed E-state index contributed by atoms with van der Waals surface area (Å²) in [5.41, 5.74) is 0. The van der Waals surface area contributed by atoms with Crippen molar-refractivity contribution in [2.75, 3.05) is 27.3 Å². The summed E-state index contributed by atoms with van der Waals surface area (Å²) in [7, 11) is 3.26. The third kappa shape index (κ3) is 6.64. The second kappa shape index (κ2) is 13.1. The van der Waals surface area contributed by atoms with E-state index >= 15 is 0 Å². The first-order chi connectivity index (χ1) is 18.5. The van der Waals surface area contributed by atoms with Crippen LogP contribution in [0.3, 0.4) is 0 Å². The Bertz CT molecular complexity index is 844. The number of aliphatic hydroxyl groups excluding tert-OH is 4. The third-order valence-corrected chi connectivity index (χ3v) is 8.09. The van der Waals surface area contributed by atoms with Crippen LogP contribution in [0.4, 0.5) is 0 Å². The Balaban J connectivity index is 1.53. The van der Waals surface area contributed by atoms with Crippen LogP contribution in [-0.2, 0) is 38.0 Å². The Hall–Kier alpha value is -1.26. The second-order valence-electron chi connectivity index (χ2n) is 11.2. The number of carbonyl (C=O) groups is 2. The van der Waals surface area contributed by atoms with Gasteiger partial charge < -0.3 is 53.7 Å². The maximum Gasteiger partial charge on any atom is 0.251 e. The minimum Gasteiger partial charge on any atom is -0.394 e. The van der Waals surface area contributed by atoms with Crippen LogP contribution in [0.5, 0.6) is 0 Å². The molecule has 3 heterocycles. The fourth-order valence-corrected chi connectivity index (χ4v) is 5.72. The molecule has 1 saturated carbocycles. The van der Waals surface area contributed by atoms with E-state index in [4.69, 9.17) is 28.4 Å². The molecule has 0 spiro atoms. The van der Waals surface area contributed by atoms with E-state index in [0.717, 1.165) is 12.8 Å². The van der Waals surface area contributed by atoms with Gasteiger partial charge in [0.05, 0.1) is 24.9 Å². The van der Waals surface area contributed by atoms with E-state index in [0.29, 0.717) is 19.3 Å². The molecule has 39 heavy (non-hydrogen) atoms. The summed E-state index contributed by atoms with van der Waals surface area (Å²) < 4.78 is 36.2. The number of carbonyl (C=O) groups excluding carboxylic acids is 2. The van der Waals surface area contributed by atoms with Crippen LogP contribution < -0.4 is 0 Å². The number of rotatable bonds is 6. The lowest BCUT2D eigenvalue weighted by molar-refractivity contribution is -0.345. The maximum absolute atomic E-state index is 12.7. The number of fused-ring (bicyclic) bond motifs is 1. The second-order valence-corrected chi connectivity index (χ2v) is 11.2. The summed E-state index contributed by atoms with van der Waals surface area (Å²) >= 11 is 0. The van der Waals surface area contributed by atoms with Crippen LogP contribution in [0.15, 0.2) is 0 Å². The van der Waals surface area contributed by atoms with Crippen molar-refractivity contribution >= 4 is 11.7 Å². The first kappa shape index (κ1) is 30.7. The molecule has 224 valence electrons. The molecule has 4 N–H and O–H groups in total. The standard InChI is InChI=1S/C26H43NO12/c1-12-7-5-8-14(21(12)39-25-20(32)19(31)17(29)13(2)35-25)37-26-23-22(18(30)16(11-28)38-26)36-15(9-6-10-34-23)24(33)27(3)4/h12-19,21-23,25-26,28-31H,5-11H2,1-4H3. The van der Waals surface area contributed by atoms with E-state index in [9.17, 15) is 30.0 Å². The van der Waals surface area contributed by atoms with E-state index in [1.165, 1.54) is 4.90 Å². The lowest BCUT2D eigenvalue weighted by atomic mass is 9.85. The number of hydrogen-bond donors (Lipinski definition) is 4. The largest absolute Gasteiger partial charge is 0.394 e. The predicted octanol–water partition coefficient (Wildman–Crippen LogP) is -1.29. The normalized spacial score (nSPS) is 45.6. The van der Waals surface area contributed by atoms with Crippen LogP contribution in [-0.4, -0.2) is 138 Å². The molecule has 0 aromatic rings. The smallest absolute Gasteiger partial charge is 0.251 e. The minimum absolute atomic E-state index is 0.0466. The van der Waals surface area contributed by atoms with Gasteiger partial charge in [-0.3, -0.25) is 9.59 Å². The van der Waals surface area contributed by atoms with Crippen LogP contribution in [0, 0.1) is 5.92 Å². The van der Waals surface area contributed by atoms with Crippen molar-refractivity contribution in [2.45, 2.75) is 120 Å². The molecule has 13 nitrogen and oxygen atoms in total. The van der Waals surface area contributed by atoms with Gasteiger partial charge in [0, 0.05) is 20.7 Å². The lowest BCUT2D eigenvalue weighted by Gasteiger charge is -2.48. The fourth-order valence-electron chi connectivity index (χ4n) is 5.72. The molecule has 4 rings (SSSR count). The van der Waals surface area contributed by atoms with Crippen molar-refractivity contribution in [3.8, 4) is 0 Å². The summed E-state index contributed by atoms with van der Waals surface area (Å²) in [4.78, 5) is 26.8. The van der Waals surface area contributed by atoms with Gasteiger partial charge in [-0.1, -0.05) is 13.3 Å². The molecule has 3 aliphatic heterocycles. The van der Waals surface area contributed by atoms with Crippen LogP contribution in [0.25, 0.3) is 0 Å². The highest BCUT2D eigenvalue weighted by molar-refractivity contribution is 5.87. The van der Waals surface area contributed by atoms with E-state index < -0.39 is 86.0 Å². The maximum atomic E-state index is 12.7. The first-order valence-corrected chi connectivity index (χ1v) is 13.8. The third-order valence-electron chi connectivity index (χ3n) is 8.09. The highest BCUT2D eigenvalue weighted by atomic mass is 16.7. The van der Waals surface area contributed by atoms with Crippen LogP contribution in [0.2, 0.25) is 0 Å². The van der Waals surface area contributed by atoms with Gasteiger partial charge in [0.1, 0.15) is 42.7 Å². The van der Waals surface area contributed by atoms with Crippen LogP contribution in [0.1, 0.15) is 46.0 Å². The van der Waals surface area contributed by atoms with Crippen molar-refractivity contribution < 1.29 is 58.4 Å². The number of ketones is 1. The Morgan fingerprint density at radius 3 is 2.41 bits per heavy atom. The average Bonchev–Trinajstić information content (AvgIpc) is 2.89. The molecule has 0 aromatic carbocycles. The van der Waals surface area contributed by atoms with Gasteiger partial charge in [-0.05, 0) is 38.5 Å². The molecule has 0 aromatic heterocycles.